The van der Waals surface area contributed by atoms with Crippen LogP contribution in [0.25, 0.3) is 0 Å². The quantitative estimate of drug-likeness (QED) is 0.381. The third-order valence-corrected chi connectivity index (χ3v) is 2.82. The van der Waals surface area contributed by atoms with Crippen LogP contribution in [0, 0.1) is 23.7 Å². The molecule has 19 heavy (non-hydrogen) atoms. The molecule has 2 nitrogen and oxygen atoms in total. The van der Waals surface area contributed by atoms with Crippen LogP contribution in [0.4, 0.5) is 0 Å². The van der Waals surface area contributed by atoms with Crippen molar-refractivity contribution in [1.82, 2.24) is 0 Å². The minimum absolute atomic E-state index is 0.357. The van der Waals surface area contributed by atoms with Crippen LogP contribution in [0.15, 0.2) is 12.7 Å². The molecule has 0 spiro atoms. The molecule has 0 saturated carbocycles. The van der Waals surface area contributed by atoms with Gasteiger partial charge in [-0.05, 0) is 18.3 Å². The molecule has 0 amide bonds. The van der Waals surface area contributed by atoms with Gasteiger partial charge in [-0.3, -0.25) is 0 Å². The number of hydrogen-bond acceptors (Lipinski definition) is 2. The molecule has 0 radical (unpaired) electrons. The van der Waals surface area contributed by atoms with E-state index in [1.807, 2.05) is 0 Å². The van der Waals surface area contributed by atoms with E-state index in [1.54, 1.807) is 0 Å². The summed E-state index contributed by atoms with van der Waals surface area (Å²) in [6.45, 7) is 5.62. The Balaban J connectivity index is 3.58. The molecular formula is C17H26O2. The zero-order chi connectivity index (χ0) is 14.3. The molecule has 2 N–H and O–H groups in total. The highest BCUT2D eigenvalue weighted by Gasteiger charge is 2.00. The first-order valence-corrected chi connectivity index (χ1v) is 7.17. The molecule has 0 aliphatic carbocycles. The summed E-state index contributed by atoms with van der Waals surface area (Å²) in [6.07, 6.45) is 8.82. The Kier molecular flexibility index (Phi) is 12.4. The van der Waals surface area contributed by atoms with Crippen molar-refractivity contribution in [1.29, 1.82) is 0 Å². The van der Waals surface area contributed by atoms with Gasteiger partial charge >= 0.3 is 0 Å². The zero-order valence-corrected chi connectivity index (χ0v) is 12.0. The van der Waals surface area contributed by atoms with Crippen LogP contribution in [-0.4, -0.2) is 22.4 Å². The highest BCUT2D eigenvalue weighted by atomic mass is 16.3. The lowest BCUT2D eigenvalue weighted by molar-refractivity contribution is 0.166. The molecule has 0 bridgehead atoms. The number of rotatable bonds is 9. The molecule has 0 aromatic rings. The fourth-order valence-electron chi connectivity index (χ4n) is 1.64. The molecule has 0 unspecified atom stereocenters. The van der Waals surface area contributed by atoms with Crippen LogP contribution < -0.4 is 0 Å². The Labute approximate surface area is 117 Å². The average Bonchev–Trinajstić information content (AvgIpc) is 2.42. The van der Waals surface area contributed by atoms with Crippen molar-refractivity contribution in [2.24, 2.45) is 0 Å². The van der Waals surface area contributed by atoms with Crippen LogP contribution in [0.5, 0.6) is 0 Å². The second-order valence-corrected chi connectivity index (χ2v) is 4.67. The first-order chi connectivity index (χ1) is 9.20. The normalized spacial score (nSPS) is 12.6. The SMILES string of the molecule is C=C[C@@H](O)C#CC#CC[C@@H](O)CCCCCCCC. The van der Waals surface area contributed by atoms with E-state index in [0.29, 0.717) is 6.42 Å². The van der Waals surface area contributed by atoms with Crippen molar-refractivity contribution in [3.63, 3.8) is 0 Å². The van der Waals surface area contributed by atoms with Crippen molar-refractivity contribution in [2.75, 3.05) is 0 Å². The zero-order valence-electron chi connectivity index (χ0n) is 12.0. The highest BCUT2D eigenvalue weighted by molar-refractivity contribution is 5.28. The van der Waals surface area contributed by atoms with Gasteiger partial charge in [0.15, 0.2) is 0 Å². The van der Waals surface area contributed by atoms with E-state index in [4.69, 9.17) is 5.11 Å². The third kappa shape index (κ3) is 13.0. The van der Waals surface area contributed by atoms with Gasteiger partial charge in [0, 0.05) is 6.42 Å². The highest BCUT2D eigenvalue weighted by Crippen LogP contribution is 2.09. The van der Waals surface area contributed by atoms with Crippen molar-refractivity contribution in [2.45, 2.75) is 70.5 Å². The van der Waals surface area contributed by atoms with Gasteiger partial charge < -0.3 is 10.2 Å². The fraction of sp³-hybridized carbons (Fsp3) is 0.647. The Morgan fingerprint density at radius 1 is 1.05 bits per heavy atom. The molecule has 0 aliphatic heterocycles. The van der Waals surface area contributed by atoms with Crippen molar-refractivity contribution in [3.8, 4) is 23.7 Å². The molecule has 106 valence electrons. The summed E-state index contributed by atoms with van der Waals surface area (Å²) in [5.74, 6) is 10.5. The predicted molar refractivity (Wildman–Crippen MR) is 80.4 cm³/mol. The summed E-state index contributed by atoms with van der Waals surface area (Å²) in [5.41, 5.74) is 0. The summed E-state index contributed by atoms with van der Waals surface area (Å²) >= 11 is 0. The minimum atomic E-state index is -0.817. The minimum Gasteiger partial charge on any atom is -0.392 e. The van der Waals surface area contributed by atoms with Crippen LogP contribution >= 0.6 is 0 Å². The number of aliphatic hydroxyl groups excluding tert-OH is 2. The van der Waals surface area contributed by atoms with Crippen molar-refractivity contribution >= 4 is 0 Å². The lowest BCUT2D eigenvalue weighted by atomic mass is 10.1. The molecule has 0 rings (SSSR count). The number of hydrogen-bond donors (Lipinski definition) is 2. The smallest absolute Gasteiger partial charge is 0.134 e. The molecule has 0 fully saturated rings. The Morgan fingerprint density at radius 2 is 1.74 bits per heavy atom. The summed E-state index contributed by atoms with van der Waals surface area (Å²) in [6, 6.07) is 0. The Hall–Kier alpha value is -1.22. The maximum atomic E-state index is 9.69. The van der Waals surface area contributed by atoms with E-state index in [1.165, 1.54) is 38.2 Å². The lowest BCUT2D eigenvalue weighted by Gasteiger charge is -2.05. The molecular weight excluding hydrogens is 236 g/mol. The first kappa shape index (κ1) is 17.8. The number of unbranched alkanes of at least 4 members (excludes halogenated alkanes) is 5. The van der Waals surface area contributed by atoms with Gasteiger partial charge in [-0.2, -0.15) is 0 Å². The average molecular weight is 262 g/mol. The van der Waals surface area contributed by atoms with E-state index in [9.17, 15) is 5.11 Å². The molecule has 0 aliphatic rings. The standard InChI is InChI=1S/C17H26O2/c1-3-5-6-7-8-10-14-17(19)15-12-9-11-13-16(18)4-2/h4,16-19H,2-3,5-8,10,14-15H2,1H3/t16-,17+/m1/s1. The maximum absolute atomic E-state index is 9.69. The molecule has 0 saturated heterocycles. The molecule has 0 aromatic heterocycles. The van der Waals surface area contributed by atoms with E-state index in [0.717, 1.165) is 12.8 Å². The van der Waals surface area contributed by atoms with Crippen molar-refractivity contribution in [3.05, 3.63) is 12.7 Å². The van der Waals surface area contributed by atoms with Crippen LogP contribution in [0.1, 0.15) is 58.3 Å². The van der Waals surface area contributed by atoms with E-state index >= 15 is 0 Å². The van der Waals surface area contributed by atoms with Gasteiger partial charge in [-0.15, -0.1) is 0 Å². The lowest BCUT2D eigenvalue weighted by Crippen LogP contribution is -2.04. The van der Waals surface area contributed by atoms with Crippen molar-refractivity contribution < 1.29 is 10.2 Å². The second kappa shape index (κ2) is 13.2. The first-order valence-electron chi connectivity index (χ1n) is 7.17. The van der Waals surface area contributed by atoms with E-state index in [2.05, 4.69) is 37.2 Å². The topological polar surface area (TPSA) is 40.5 Å². The largest absolute Gasteiger partial charge is 0.392 e. The molecule has 0 aromatic carbocycles. The monoisotopic (exact) mass is 262 g/mol. The fourth-order valence-corrected chi connectivity index (χ4v) is 1.64. The third-order valence-electron chi connectivity index (χ3n) is 2.82. The second-order valence-electron chi connectivity index (χ2n) is 4.67. The van der Waals surface area contributed by atoms with Gasteiger partial charge in [-0.25, -0.2) is 0 Å². The molecule has 2 atom stereocenters. The summed E-state index contributed by atoms with van der Waals surface area (Å²) in [4.78, 5) is 0. The Morgan fingerprint density at radius 3 is 2.42 bits per heavy atom. The Bertz CT molecular complexity index is 338. The summed E-state index contributed by atoms with van der Waals surface area (Å²) in [5, 5.41) is 18.8. The van der Waals surface area contributed by atoms with Crippen LogP contribution in [-0.2, 0) is 0 Å². The predicted octanol–water partition coefficient (Wildman–Crippen LogP) is 3.04. The summed E-state index contributed by atoms with van der Waals surface area (Å²) in [7, 11) is 0. The maximum Gasteiger partial charge on any atom is 0.134 e. The van der Waals surface area contributed by atoms with Gasteiger partial charge in [0.25, 0.3) is 0 Å². The van der Waals surface area contributed by atoms with E-state index in [-0.39, 0.29) is 6.10 Å². The van der Waals surface area contributed by atoms with Gasteiger partial charge in [0.2, 0.25) is 0 Å². The number of aliphatic hydroxyl groups is 2. The van der Waals surface area contributed by atoms with E-state index < -0.39 is 6.10 Å². The van der Waals surface area contributed by atoms with Crippen LogP contribution in [0.3, 0.4) is 0 Å². The summed E-state index contributed by atoms with van der Waals surface area (Å²) < 4.78 is 0. The van der Waals surface area contributed by atoms with Gasteiger partial charge in [-0.1, -0.05) is 69.9 Å². The van der Waals surface area contributed by atoms with Crippen LogP contribution in [0.2, 0.25) is 0 Å². The molecule has 0 heterocycles. The molecule has 2 heteroatoms. The van der Waals surface area contributed by atoms with Gasteiger partial charge in [0.1, 0.15) is 6.10 Å². The van der Waals surface area contributed by atoms with Gasteiger partial charge in [0.05, 0.1) is 6.10 Å².